The number of carbonyl (C=O) groups excluding carboxylic acids is 2. The van der Waals surface area contributed by atoms with Gasteiger partial charge in [-0.25, -0.2) is 9.97 Å². The zero-order valence-corrected chi connectivity index (χ0v) is 24.0. The summed E-state index contributed by atoms with van der Waals surface area (Å²) in [5, 5.41) is 6.01. The maximum atomic E-state index is 13.2. The van der Waals surface area contributed by atoms with Crippen LogP contribution in [-0.2, 0) is 11.3 Å². The number of amides is 2. The number of nitrogens with zero attached hydrogens (tertiary/aromatic N) is 5. The number of aryl methyl sites for hydroxylation is 1. The normalized spacial score (nSPS) is 21.8. The van der Waals surface area contributed by atoms with Gasteiger partial charge >= 0.3 is 0 Å². The quantitative estimate of drug-likeness (QED) is 0.262. The number of rotatable bonds is 9. The Morgan fingerprint density at radius 3 is 2.49 bits per heavy atom. The highest BCUT2D eigenvalue weighted by Crippen LogP contribution is 2.25. The van der Waals surface area contributed by atoms with Gasteiger partial charge in [-0.15, -0.1) is 0 Å². The lowest BCUT2D eigenvalue weighted by atomic mass is 10.0. The van der Waals surface area contributed by atoms with Gasteiger partial charge in [-0.05, 0) is 66.4 Å². The largest absolute Gasteiger partial charge is 0.339 e. The summed E-state index contributed by atoms with van der Waals surface area (Å²) in [5.74, 6) is -1.92. The van der Waals surface area contributed by atoms with Gasteiger partial charge in [0, 0.05) is 79.1 Å². The first-order chi connectivity index (χ1) is 23.8. The van der Waals surface area contributed by atoms with E-state index in [0.29, 0.717) is 27.9 Å². The highest BCUT2D eigenvalue weighted by Gasteiger charge is 2.26. The van der Waals surface area contributed by atoms with Gasteiger partial charge in [-0.2, -0.15) is 0 Å². The number of benzene rings is 2. The highest BCUT2D eigenvalue weighted by atomic mass is 16.2. The van der Waals surface area contributed by atoms with E-state index in [4.69, 9.17) is 16.7 Å². The number of pyridine rings is 1. The molecule has 2 aromatic carbocycles. The van der Waals surface area contributed by atoms with Crippen LogP contribution in [0.2, 0.25) is 0 Å². The van der Waals surface area contributed by atoms with Crippen LogP contribution in [0.15, 0.2) is 79.3 Å². The smallest absolute Gasteiger partial charge is 0.255 e. The molecule has 2 amide bonds. The molecule has 43 heavy (non-hydrogen) atoms. The van der Waals surface area contributed by atoms with E-state index < -0.39 is 56.3 Å². The molecule has 0 radical (unpaired) electrons. The standard InChI is InChI=1S/C33H38N8O2/c1-22(2)30(34)32(43)41-17-15-40(16-18-41)21-24-7-9-25(10-8-24)31(42)37-27-11-6-23(3)29(19-27)39-33-36-14-12-28(38-33)26-5-4-13-35-20-26/h4-14,19-20,22,30H,15-18,21,34H2,1-3H3,(H,37,42)(H,36,38,39)/i15D2,16D2,17D2,18D2. The molecular formula is C33H38N8O2. The first kappa shape index (κ1) is 21.1. The molecule has 10 nitrogen and oxygen atoms in total. The lowest BCUT2D eigenvalue weighted by Gasteiger charge is -2.36. The van der Waals surface area contributed by atoms with Crippen LogP contribution in [0.4, 0.5) is 17.3 Å². The number of carbonyl (C=O) groups is 2. The van der Waals surface area contributed by atoms with Gasteiger partial charge < -0.3 is 21.3 Å². The molecule has 222 valence electrons. The van der Waals surface area contributed by atoms with Crippen LogP contribution >= 0.6 is 0 Å². The van der Waals surface area contributed by atoms with E-state index in [1.807, 2.05) is 25.1 Å². The zero-order valence-electron chi connectivity index (χ0n) is 32.0. The van der Waals surface area contributed by atoms with Crippen molar-refractivity contribution >= 4 is 29.1 Å². The highest BCUT2D eigenvalue weighted by molar-refractivity contribution is 6.04. The van der Waals surface area contributed by atoms with E-state index in [9.17, 15) is 9.59 Å². The molecule has 4 aromatic rings. The van der Waals surface area contributed by atoms with Gasteiger partial charge in [0.25, 0.3) is 5.91 Å². The summed E-state index contributed by atoms with van der Waals surface area (Å²) in [4.78, 5) is 39.7. The fraction of sp³-hybridized carbons (Fsp3) is 0.303. The molecule has 5 rings (SSSR count). The number of aromatic nitrogens is 3. The van der Waals surface area contributed by atoms with Crippen molar-refractivity contribution in [3.63, 3.8) is 0 Å². The summed E-state index contributed by atoms with van der Waals surface area (Å²) in [6.07, 6.45) is 5.00. The minimum atomic E-state index is -3.32. The molecule has 0 saturated carbocycles. The van der Waals surface area contributed by atoms with Crippen molar-refractivity contribution in [1.82, 2.24) is 24.8 Å². The Balaban J connectivity index is 1.32. The van der Waals surface area contributed by atoms with Crippen LogP contribution in [0.1, 0.15) is 46.3 Å². The van der Waals surface area contributed by atoms with Crippen LogP contribution in [0.25, 0.3) is 11.3 Å². The number of piperazine rings is 1. The van der Waals surface area contributed by atoms with Gasteiger partial charge in [0.2, 0.25) is 11.9 Å². The Kier molecular flexibility index (Phi) is 6.64. The Hall–Kier alpha value is -4.67. The third-order valence-corrected chi connectivity index (χ3v) is 6.73. The monoisotopic (exact) mass is 586 g/mol. The second-order valence-corrected chi connectivity index (χ2v) is 10.3. The number of anilines is 3. The van der Waals surface area contributed by atoms with Crippen LogP contribution < -0.4 is 16.4 Å². The van der Waals surface area contributed by atoms with E-state index in [2.05, 4.69) is 25.6 Å². The third-order valence-electron chi connectivity index (χ3n) is 6.73. The fourth-order valence-electron chi connectivity index (χ4n) is 4.10. The van der Waals surface area contributed by atoms with Crippen molar-refractivity contribution in [2.24, 2.45) is 11.7 Å². The predicted octanol–water partition coefficient (Wildman–Crippen LogP) is 4.47. The maximum absolute atomic E-state index is 13.2. The molecule has 1 saturated heterocycles. The topological polar surface area (TPSA) is 129 Å². The Morgan fingerprint density at radius 2 is 1.79 bits per heavy atom. The van der Waals surface area contributed by atoms with Gasteiger partial charge in [0.1, 0.15) is 0 Å². The minimum Gasteiger partial charge on any atom is -0.339 e. The van der Waals surface area contributed by atoms with Crippen LogP contribution in [0, 0.1) is 12.8 Å². The van der Waals surface area contributed by atoms with E-state index >= 15 is 0 Å². The average Bonchev–Trinajstić information content (AvgIpc) is 3.08. The van der Waals surface area contributed by atoms with E-state index in [1.165, 1.54) is 24.3 Å². The number of hydrogen-bond acceptors (Lipinski definition) is 8. The zero-order chi connectivity index (χ0) is 37.5. The molecule has 3 heterocycles. The molecule has 0 spiro atoms. The summed E-state index contributed by atoms with van der Waals surface area (Å²) in [7, 11) is 0. The SMILES string of the molecule is [2H]C1([2H])N(Cc2ccc(C(=O)Nc3ccc(C)c(Nc4nccc(-c5cccnc5)n4)c3)cc2)C([2H])([2H])C([2H])([2H])N(C(=O)C(N)C(C)C)C1([2H])[2H]. The molecule has 10 heteroatoms. The lowest BCUT2D eigenvalue weighted by Crippen LogP contribution is -2.54. The predicted molar refractivity (Wildman–Crippen MR) is 169 cm³/mol. The molecule has 0 aliphatic carbocycles. The minimum absolute atomic E-state index is 0.0346. The molecular weight excluding hydrogens is 540 g/mol. The Bertz CT molecular complexity index is 1880. The second kappa shape index (κ2) is 13.5. The van der Waals surface area contributed by atoms with Crippen molar-refractivity contribution in [2.75, 3.05) is 36.6 Å². The molecule has 1 aliphatic rings. The molecule has 1 unspecified atom stereocenters. The molecule has 2 aromatic heterocycles. The Labute approximate surface area is 263 Å². The van der Waals surface area contributed by atoms with E-state index in [1.54, 1.807) is 50.6 Å². The first-order valence-corrected chi connectivity index (χ1v) is 13.7. The van der Waals surface area contributed by atoms with Crippen LogP contribution in [-0.4, -0.2) is 68.6 Å². The summed E-state index contributed by atoms with van der Waals surface area (Å²) >= 11 is 0. The number of nitrogens with one attached hydrogen (secondary N) is 2. The van der Waals surface area contributed by atoms with Gasteiger partial charge in [-0.1, -0.05) is 32.0 Å². The van der Waals surface area contributed by atoms with Crippen molar-refractivity contribution in [3.05, 3.63) is 95.9 Å². The summed E-state index contributed by atoms with van der Waals surface area (Å²) in [6.45, 7) is -8.61. The van der Waals surface area contributed by atoms with Crippen molar-refractivity contribution in [3.8, 4) is 11.3 Å². The number of nitrogens with two attached hydrogens (primary N) is 1. The van der Waals surface area contributed by atoms with Gasteiger partial charge in [0.05, 0.1) is 17.2 Å². The first-order valence-electron chi connectivity index (χ1n) is 17.7. The van der Waals surface area contributed by atoms with Crippen molar-refractivity contribution in [1.29, 1.82) is 0 Å². The average molecular weight is 587 g/mol. The molecule has 1 fully saturated rings. The van der Waals surface area contributed by atoms with E-state index in [-0.39, 0.29) is 16.0 Å². The van der Waals surface area contributed by atoms with Gasteiger partial charge in [0.15, 0.2) is 0 Å². The van der Waals surface area contributed by atoms with Crippen LogP contribution in [0.3, 0.4) is 0 Å². The van der Waals surface area contributed by atoms with Gasteiger partial charge in [-0.3, -0.25) is 19.5 Å². The number of hydrogen-bond donors (Lipinski definition) is 3. The molecule has 0 bridgehead atoms. The summed E-state index contributed by atoms with van der Waals surface area (Å²) < 4.78 is 68.7. The third kappa shape index (κ3) is 7.59. The summed E-state index contributed by atoms with van der Waals surface area (Å²) in [5.41, 5.74) is 9.88. The maximum Gasteiger partial charge on any atom is 0.255 e. The van der Waals surface area contributed by atoms with Crippen LogP contribution in [0.5, 0.6) is 0 Å². The molecule has 1 aliphatic heterocycles. The second-order valence-electron chi connectivity index (χ2n) is 10.3. The molecule has 4 N–H and O–H groups in total. The fourth-order valence-corrected chi connectivity index (χ4v) is 4.10. The summed E-state index contributed by atoms with van der Waals surface area (Å²) in [6, 6.07) is 15.1. The van der Waals surface area contributed by atoms with Crippen molar-refractivity contribution in [2.45, 2.75) is 33.4 Å². The Morgan fingerprint density at radius 1 is 1.02 bits per heavy atom. The molecule has 1 atom stereocenters. The lowest BCUT2D eigenvalue weighted by molar-refractivity contribution is -0.135. The van der Waals surface area contributed by atoms with E-state index in [0.717, 1.165) is 11.1 Å². The van der Waals surface area contributed by atoms with Crippen molar-refractivity contribution < 1.29 is 20.6 Å².